The van der Waals surface area contributed by atoms with Crippen molar-refractivity contribution in [3.63, 3.8) is 0 Å². The molecule has 8 heteroatoms. The molecule has 262 valence electrons. The summed E-state index contributed by atoms with van der Waals surface area (Å²) in [6, 6.07) is 20.6. The molecular weight excluding hydrogens is 671 g/mol. The first-order valence-corrected chi connectivity index (χ1v) is 19.7. The van der Waals surface area contributed by atoms with Gasteiger partial charge in [-0.3, -0.25) is 0 Å². The number of ether oxygens (including phenoxy) is 5. The van der Waals surface area contributed by atoms with Crippen LogP contribution in [0.15, 0.2) is 85.0 Å². The van der Waals surface area contributed by atoms with Gasteiger partial charge < -0.3 is 0 Å². The molecule has 1 aliphatic carbocycles. The Labute approximate surface area is 293 Å². The van der Waals surface area contributed by atoms with Crippen molar-refractivity contribution in [2.75, 3.05) is 20.3 Å². The van der Waals surface area contributed by atoms with E-state index in [4.69, 9.17) is 23.7 Å². The minimum absolute atomic E-state index is 0.165. The number of carbonyl (C=O) groups is 1. The Balaban J connectivity index is 1.30. The summed E-state index contributed by atoms with van der Waals surface area (Å²) in [5.74, 6) is 0.0725. The van der Waals surface area contributed by atoms with Crippen LogP contribution in [-0.4, -0.2) is 75.6 Å². The van der Waals surface area contributed by atoms with Gasteiger partial charge in [0.2, 0.25) is 0 Å². The summed E-state index contributed by atoms with van der Waals surface area (Å²) >= 11 is -0.493. The topological polar surface area (TPSA) is 83.5 Å². The number of hydrogen-bond acceptors (Lipinski definition) is 7. The molecule has 1 N–H and O–H groups in total. The summed E-state index contributed by atoms with van der Waals surface area (Å²) in [6.45, 7) is 1.24. The van der Waals surface area contributed by atoms with Crippen LogP contribution < -0.4 is 4.46 Å². The molecule has 7 nitrogen and oxygen atoms in total. The van der Waals surface area contributed by atoms with Crippen molar-refractivity contribution in [1.82, 2.24) is 0 Å². The van der Waals surface area contributed by atoms with Gasteiger partial charge in [-0.15, -0.1) is 0 Å². The van der Waals surface area contributed by atoms with Crippen molar-refractivity contribution in [2.24, 2.45) is 11.8 Å². The zero-order valence-electron chi connectivity index (χ0n) is 28.5. The van der Waals surface area contributed by atoms with E-state index in [-0.39, 0.29) is 12.0 Å². The van der Waals surface area contributed by atoms with Crippen LogP contribution in [-0.2, 0) is 34.9 Å². The number of methoxy groups -OCH3 is 1. The van der Waals surface area contributed by atoms with Gasteiger partial charge in [-0.05, 0) is 12.0 Å². The van der Waals surface area contributed by atoms with Crippen LogP contribution in [0.4, 0.5) is 0 Å². The molecule has 2 aromatic rings. The van der Waals surface area contributed by atoms with Crippen LogP contribution >= 0.6 is 0 Å². The average molecular weight is 726 g/mol. The Morgan fingerprint density at radius 1 is 0.917 bits per heavy atom. The molecule has 48 heavy (non-hydrogen) atoms. The van der Waals surface area contributed by atoms with E-state index in [1.165, 1.54) is 12.7 Å². The quantitative estimate of drug-likeness (QED) is 0.0848. The van der Waals surface area contributed by atoms with Crippen LogP contribution in [0.5, 0.6) is 0 Å². The first kappa shape index (κ1) is 37.0. The van der Waals surface area contributed by atoms with Crippen LogP contribution in [0.3, 0.4) is 0 Å². The Morgan fingerprint density at radius 2 is 1.62 bits per heavy atom. The molecule has 5 rings (SSSR count). The second-order valence-corrected chi connectivity index (χ2v) is 15.8. The maximum atomic E-state index is 14.0. The molecule has 3 fully saturated rings. The third kappa shape index (κ3) is 10.9. The van der Waals surface area contributed by atoms with E-state index in [1.807, 2.05) is 30.3 Å². The first-order valence-electron chi connectivity index (χ1n) is 18.0. The van der Waals surface area contributed by atoms with Gasteiger partial charge in [0.25, 0.3) is 0 Å². The van der Waals surface area contributed by atoms with Crippen LogP contribution in [0.2, 0.25) is 0 Å². The van der Waals surface area contributed by atoms with Crippen molar-refractivity contribution in [3.05, 3.63) is 90.5 Å². The van der Waals surface area contributed by atoms with Crippen LogP contribution in [0.1, 0.15) is 82.6 Å². The summed E-state index contributed by atoms with van der Waals surface area (Å²) in [5, 5.41) is 10.9. The maximum absolute atomic E-state index is 14.0. The Bertz CT molecular complexity index is 1260. The molecule has 0 bridgehead atoms. The number of unbranched alkanes of at least 4 members (excludes halogenated alkanes) is 1. The fraction of sp³-hybridized carbons (Fsp3) is 0.575. The minimum atomic E-state index is -1.38. The van der Waals surface area contributed by atoms with E-state index in [2.05, 4.69) is 54.6 Å². The van der Waals surface area contributed by atoms with Gasteiger partial charge in [0.15, 0.2) is 0 Å². The van der Waals surface area contributed by atoms with E-state index in [0.29, 0.717) is 32.0 Å². The number of allylic oxidation sites excluding steroid dienone is 3. The number of benzene rings is 2. The molecule has 0 spiro atoms. The Hall–Kier alpha value is -2.29. The van der Waals surface area contributed by atoms with E-state index >= 15 is 0 Å². The van der Waals surface area contributed by atoms with Gasteiger partial charge >= 0.3 is 252 Å². The molecular formula is C40H54O7Se. The van der Waals surface area contributed by atoms with Crippen LogP contribution in [0, 0.1) is 11.8 Å². The van der Waals surface area contributed by atoms with Gasteiger partial charge in [-0.2, -0.15) is 0 Å². The predicted octanol–water partition coefficient (Wildman–Crippen LogP) is 6.64. The molecule has 0 amide bonds. The summed E-state index contributed by atoms with van der Waals surface area (Å²) in [5.41, 5.74) is 1.38. The molecule has 0 aromatic heterocycles. The molecule has 1 saturated carbocycles. The van der Waals surface area contributed by atoms with Crippen molar-refractivity contribution >= 4 is 25.4 Å². The number of carbonyl (C=O) groups excluding carboxylic acids is 1. The van der Waals surface area contributed by atoms with Gasteiger partial charge in [-0.1, -0.05) is 30.3 Å². The van der Waals surface area contributed by atoms with E-state index in [9.17, 15) is 9.90 Å². The summed E-state index contributed by atoms with van der Waals surface area (Å²) in [6.07, 6.45) is 18.7. The second-order valence-electron chi connectivity index (χ2n) is 13.1. The summed E-state index contributed by atoms with van der Waals surface area (Å²) in [4.78, 5) is 14.0. The van der Waals surface area contributed by atoms with E-state index in [0.717, 1.165) is 75.1 Å². The Morgan fingerprint density at radius 3 is 2.31 bits per heavy atom. The summed E-state index contributed by atoms with van der Waals surface area (Å²) < 4.78 is 30.7. The summed E-state index contributed by atoms with van der Waals surface area (Å²) in [7, 11) is 1.42. The molecule has 2 aliphatic heterocycles. The molecule has 2 saturated heterocycles. The average Bonchev–Trinajstić information content (AvgIpc) is 3.48. The molecule has 2 heterocycles. The third-order valence-corrected chi connectivity index (χ3v) is 12.4. The van der Waals surface area contributed by atoms with E-state index < -0.39 is 44.1 Å². The predicted molar refractivity (Wildman–Crippen MR) is 189 cm³/mol. The number of aliphatic hydroxyl groups is 1. The normalized spacial score (nSPS) is 26.8. The third-order valence-electron chi connectivity index (χ3n) is 9.63. The number of rotatable bonds is 17. The van der Waals surface area contributed by atoms with Crippen molar-refractivity contribution in [2.45, 2.75) is 113 Å². The SMILES string of the molecule is COC(=O)C(OC1CCCCO1)([Se]c1ccccc1)C(C/C=C\C[C@H]1[C@@H](O)CC[C@@H]1/C=C/CCCc1ccccc1)OC1CCCCO1. The number of aryl methyl sites for hydroxylation is 1. The molecule has 7 atom stereocenters. The standard InChI is InChI=1S/C40H54O7Se/c1-43-39(42)40(47-38-26-14-16-30-45-38,48-33-21-9-4-10-22-33)36(46-37-25-13-15-29-44-37)24-12-11-23-34-32(27-28-35(34)41)20-8-3-7-19-31-17-5-2-6-18-31/h2,4-6,8-12,17-18,20-22,32,34-38,41H,3,7,13-16,19,23-30H2,1H3/b12-11-,20-8+/t32-,34+,35-,36?,37?,38?,40?/m0/s1. The Kier molecular flexibility index (Phi) is 15.2. The molecule has 3 aliphatic rings. The van der Waals surface area contributed by atoms with Gasteiger partial charge in [0.1, 0.15) is 0 Å². The van der Waals surface area contributed by atoms with Crippen molar-refractivity contribution in [3.8, 4) is 0 Å². The van der Waals surface area contributed by atoms with Gasteiger partial charge in [0.05, 0.1) is 0 Å². The van der Waals surface area contributed by atoms with Crippen LogP contribution in [0.25, 0.3) is 0 Å². The zero-order chi connectivity index (χ0) is 33.4. The second kappa shape index (κ2) is 19.8. The van der Waals surface area contributed by atoms with Gasteiger partial charge in [-0.25, -0.2) is 0 Å². The van der Waals surface area contributed by atoms with Crippen molar-refractivity contribution < 1.29 is 33.6 Å². The fourth-order valence-corrected chi connectivity index (χ4v) is 9.57. The zero-order valence-corrected chi connectivity index (χ0v) is 30.2. The monoisotopic (exact) mass is 726 g/mol. The van der Waals surface area contributed by atoms with Crippen molar-refractivity contribution in [1.29, 1.82) is 0 Å². The number of esters is 1. The number of aliphatic hydroxyl groups excluding tert-OH is 1. The molecule has 2 aromatic carbocycles. The molecule has 4 unspecified atom stereocenters. The molecule has 0 radical (unpaired) electrons. The fourth-order valence-electron chi connectivity index (χ4n) is 6.95. The first-order chi connectivity index (χ1) is 23.6. The number of hydrogen-bond donors (Lipinski definition) is 1. The van der Waals surface area contributed by atoms with Gasteiger partial charge in [0, 0.05) is 0 Å². The van der Waals surface area contributed by atoms with E-state index in [1.54, 1.807) is 0 Å².